The van der Waals surface area contributed by atoms with Gasteiger partial charge in [-0.15, -0.1) is 0 Å². The SMILES string of the molecule is CCNCc1ccc(C)c(S(=O)(=O)Nc2cnn(C)c2)c1. The Labute approximate surface area is 125 Å². The maximum Gasteiger partial charge on any atom is 0.262 e. The summed E-state index contributed by atoms with van der Waals surface area (Å²) in [5, 5.41) is 7.14. The van der Waals surface area contributed by atoms with Crippen LogP contribution in [0, 0.1) is 6.92 Å². The molecule has 0 unspecified atom stereocenters. The Morgan fingerprint density at radius 2 is 2.10 bits per heavy atom. The quantitative estimate of drug-likeness (QED) is 0.850. The molecule has 0 bridgehead atoms. The van der Waals surface area contributed by atoms with Crippen molar-refractivity contribution in [3.8, 4) is 0 Å². The number of nitrogens with zero attached hydrogens (tertiary/aromatic N) is 2. The van der Waals surface area contributed by atoms with Crippen LogP contribution in [0.5, 0.6) is 0 Å². The predicted octanol–water partition coefficient (Wildman–Crippen LogP) is 1.64. The summed E-state index contributed by atoms with van der Waals surface area (Å²) in [6, 6.07) is 5.46. The molecule has 0 aliphatic heterocycles. The first-order valence-electron chi connectivity index (χ1n) is 6.74. The fourth-order valence-electron chi connectivity index (χ4n) is 2.00. The van der Waals surface area contributed by atoms with Crippen molar-refractivity contribution in [2.24, 2.45) is 7.05 Å². The summed E-state index contributed by atoms with van der Waals surface area (Å²) in [6.07, 6.45) is 3.10. The third-order valence-corrected chi connectivity index (χ3v) is 4.60. The van der Waals surface area contributed by atoms with Crippen molar-refractivity contribution < 1.29 is 8.42 Å². The van der Waals surface area contributed by atoms with Crippen LogP contribution in [0.2, 0.25) is 0 Å². The Morgan fingerprint density at radius 3 is 2.71 bits per heavy atom. The molecule has 2 aromatic rings. The van der Waals surface area contributed by atoms with Gasteiger partial charge in [-0.05, 0) is 30.7 Å². The van der Waals surface area contributed by atoms with Crippen molar-refractivity contribution in [3.63, 3.8) is 0 Å². The van der Waals surface area contributed by atoms with Gasteiger partial charge in [0.15, 0.2) is 0 Å². The number of hydrogen-bond donors (Lipinski definition) is 2. The van der Waals surface area contributed by atoms with Crippen LogP contribution in [0.25, 0.3) is 0 Å². The minimum atomic E-state index is -3.61. The van der Waals surface area contributed by atoms with E-state index in [0.717, 1.165) is 12.1 Å². The van der Waals surface area contributed by atoms with Crippen LogP contribution >= 0.6 is 0 Å². The molecular weight excluding hydrogens is 288 g/mol. The first kappa shape index (κ1) is 15.5. The van der Waals surface area contributed by atoms with Crippen molar-refractivity contribution >= 4 is 15.7 Å². The standard InChI is InChI=1S/C14H20N4O2S/c1-4-15-8-12-6-5-11(2)14(7-12)21(19,20)17-13-9-16-18(3)10-13/h5-7,9-10,15,17H,4,8H2,1-3H3. The second kappa shape index (κ2) is 6.28. The van der Waals surface area contributed by atoms with Crippen molar-refractivity contribution in [2.45, 2.75) is 25.3 Å². The van der Waals surface area contributed by atoms with Crippen LogP contribution < -0.4 is 10.0 Å². The Kier molecular flexibility index (Phi) is 4.64. The van der Waals surface area contributed by atoms with Crippen LogP contribution in [-0.4, -0.2) is 24.7 Å². The molecule has 0 saturated carbocycles. The highest BCUT2D eigenvalue weighted by molar-refractivity contribution is 7.92. The highest BCUT2D eigenvalue weighted by Crippen LogP contribution is 2.20. The summed E-state index contributed by atoms with van der Waals surface area (Å²) in [4.78, 5) is 0.293. The number of benzene rings is 1. The zero-order valence-electron chi connectivity index (χ0n) is 12.4. The van der Waals surface area contributed by atoms with E-state index in [1.54, 1.807) is 30.9 Å². The summed E-state index contributed by atoms with van der Waals surface area (Å²) >= 11 is 0. The molecule has 2 N–H and O–H groups in total. The molecule has 0 fully saturated rings. The van der Waals surface area contributed by atoms with Gasteiger partial charge in [-0.2, -0.15) is 5.10 Å². The van der Waals surface area contributed by atoms with E-state index in [2.05, 4.69) is 15.1 Å². The average Bonchev–Trinajstić information content (AvgIpc) is 2.82. The van der Waals surface area contributed by atoms with E-state index in [1.165, 1.54) is 6.20 Å². The van der Waals surface area contributed by atoms with Gasteiger partial charge in [0.25, 0.3) is 10.0 Å². The number of nitrogens with one attached hydrogen (secondary N) is 2. The van der Waals surface area contributed by atoms with E-state index in [1.807, 2.05) is 19.1 Å². The van der Waals surface area contributed by atoms with Crippen LogP contribution in [0.1, 0.15) is 18.1 Å². The Balaban J connectivity index is 2.30. The molecule has 1 heterocycles. The molecule has 0 spiro atoms. The maximum atomic E-state index is 12.5. The molecule has 0 aliphatic carbocycles. The van der Waals surface area contributed by atoms with Gasteiger partial charge >= 0.3 is 0 Å². The van der Waals surface area contributed by atoms with E-state index in [-0.39, 0.29) is 0 Å². The van der Waals surface area contributed by atoms with Crippen molar-refractivity contribution in [1.82, 2.24) is 15.1 Å². The number of hydrogen-bond acceptors (Lipinski definition) is 4. The number of aromatic nitrogens is 2. The van der Waals surface area contributed by atoms with Gasteiger partial charge in [0, 0.05) is 19.8 Å². The summed E-state index contributed by atoms with van der Waals surface area (Å²) in [6.45, 7) is 5.28. The molecular formula is C14H20N4O2S. The molecule has 0 atom stereocenters. The molecule has 0 amide bonds. The first-order valence-corrected chi connectivity index (χ1v) is 8.22. The van der Waals surface area contributed by atoms with Gasteiger partial charge in [0.1, 0.15) is 0 Å². The average molecular weight is 308 g/mol. The molecule has 21 heavy (non-hydrogen) atoms. The van der Waals surface area contributed by atoms with Gasteiger partial charge in [-0.1, -0.05) is 19.1 Å². The Hall–Kier alpha value is -1.86. The van der Waals surface area contributed by atoms with Crippen LogP contribution in [-0.2, 0) is 23.6 Å². The number of aryl methyl sites for hydroxylation is 2. The second-order valence-corrected chi connectivity index (χ2v) is 6.54. The minimum absolute atomic E-state index is 0.293. The number of anilines is 1. The molecule has 7 heteroatoms. The summed E-state index contributed by atoms with van der Waals surface area (Å²) in [5.41, 5.74) is 2.11. The number of sulfonamides is 1. The summed E-state index contributed by atoms with van der Waals surface area (Å²) in [5.74, 6) is 0. The molecule has 0 saturated heterocycles. The first-order chi connectivity index (χ1) is 9.92. The highest BCUT2D eigenvalue weighted by atomic mass is 32.2. The van der Waals surface area contributed by atoms with Crippen molar-refractivity contribution in [3.05, 3.63) is 41.7 Å². The fourth-order valence-corrected chi connectivity index (χ4v) is 3.32. The molecule has 0 aliphatic rings. The van der Waals surface area contributed by atoms with Gasteiger partial charge in [0.05, 0.1) is 16.8 Å². The van der Waals surface area contributed by atoms with Crippen LogP contribution in [0.15, 0.2) is 35.5 Å². The topological polar surface area (TPSA) is 76.0 Å². The minimum Gasteiger partial charge on any atom is -0.313 e. The molecule has 2 rings (SSSR count). The third-order valence-electron chi connectivity index (χ3n) is 3.08. The molecule has 0 radical (unpaired) electrons. The van der Waals surface area contributed by atoms with E-state index in [4.69, 9.17) is 0 Å². The van der Waals surface area contributed by atoms with E-state index >= 15 is 0 Å². The number of rotatable bonds is 6. The lowest BCUT2D eigenvalue weighted by Crippen LogP contribution is -2.16. The van der Waals surface area contributed by atoms with Gasteiger partial charge in [0.2, 0.25) is 0 Å². The summed E-state index contributed by atoms with van der Waals surface area (Å²) < 4.78 is 29.1. The molecule has 1 aromatic carbocycles. The van der Waals surface area contributed by atoms with Gasteiger partial charge in [-0.25, -0.2) is 8.42 Å². The summed E-state index contributed by atoms with van der Waals surface area (Å²) in [7, 11) is -1.87. The largest absolute Gasteiger partial charge is 0.313 e. The lowest BCUT2D eigenvalue weighted by Gasteiger charge is -2.11. The van der Waals surface area contributed by atoms with Crippen molar-refractivity contribution in [2.75, 3.05) is 11.3 Å². The lowest BCUT2D eigenvalue weighted by molar-refractivity contribution is 0.600. The maximum absolute atomic E-state index is 12.5. The molecule has 6 nitrogen and oxygen atoms in total. The van der Waals surface area contributed by atoms with Crippen LogP contribution in [0.4, 0.5) is 5.69 Å². The van der Waals surface area contributed by atoms with E-state index in [9.17, 15) is 8.42 Å². The zero-order valence-corrected chi connectivity index (χ0v) is 13.2. The second-order valence-electron chi connectivity index (χ2n) is 4.89. The van der Waals surface area contributed by atoms with Gasteiger partial charge in [-0.3, -0.25) is 9.40 Å². The van der Waals surface area contributed by atoms with Gasteiger partial charge < -0.3 is 5.32 Å². The predicted molar refractivity (Wildman–Crippen MR) is 82.6 cm³/mol. The Bertz CT molecular complexity index is 722. The highest BCUT2D eigenvalue weighted by Gasteiger charge is 2.18. The zero-order chi connectivity index (χ0) is 15.5. The third kappa shape index (κ3) is 3.83. The monoisotopic (exact) mass is 308 g/mol. The normalized spacial score (nSPS) is 11.6. The van der Waals surface area contributed by atoms with Crippen molar-refractivity contribution in [1.29, 1.82) is 0 Å². The lowest BCUT2D eigenvalue weighted by atomic mass is 10.1. The molecule has 1 aromatic heterocycles. The van der Waals surface area contributed by atoms with Crippen LogP contribution in [0.3, 0.4) is 0 Å². The molecule has 114 valence electrons. The smallest absolute Gasteiger partial charge is 0.262 e. The van der Waals surface area contributed by atoms with E-state index < -0.39 is 10.0 Å². The Morgan fingerprint density at radius 1 is 1.33 bits per heavy atom. The fraction of sp³-hybridized carbons (Fsp3) is 0.357. The van der Waals surface area contributed by atoms with E-state index in [0.29, 0.717) is 22.7 Å².